The van der Waals surface area contributed by atoms with Gasteiger partial charge in [0.15, 0.2) is 9.84 Å². The number of rotatable bonds is 3. The van der Waals surface area contributed by atoms with Crippen LogP contribution in [0.1, 0.15) is 50.9 Å². The van der Waals surface area contributed by atoms with Crippen LogP contribution in [0.2, 0.25) is 0 Å². The smallest absolute Gasteiger partial charge is 0.251 e. The predicted molar refractivity (Wildman–Crippen MR) is 91.3 cm³/mol. The van der Waals surface area contributed by atoms with Gasteiger partial charge in [-0.15, -0.1) is 0 Å². The van der Waals surface area contributed by atoms with Crippen LogP contribution in [0.4, 0.5) is 0 Å². The summed E-state index contributed by atoms with van der Waals surface area (Å²) in [6, 6.07) is 6.15. The third kappa shape index (κ3) is 4.78. The average molecular weight is 338 g/mol. The van der Waals surface area contributed by atoms with Gasteiger partial charge in [-0.05, 0) is 64.8 Å². The number of benzene rings is 1. The van der Waals surface area contributed by atoms with Crippen molar-refractivity contribution in [1.82, 2.24) is 10.6 Å². The number of carbonyl (C=O) groups is 1. The lowest BCUT2D eigenvalue weighted by Crippen LogP contribution is -2.62. The first-order valence-electron chi connectivity index (χ1n) is 7.78. The second kappa shape index (κ2) is 5.91. The lowest BCUT2D eigenvalue weighted by molar-refractivity contribution is 0.0873. The average Bonchev–Trinajstić information content (AvgIpc) is 2.33. The first kappa shape index (κ1) is 17.9. The maximum Gasteiger partial charge on any atom is 0.251 e. The van der Waals surface area contributed by atoms with E-state index in [0.717, 1.165) is 19.1 Å². The highest BCUT2D eigenvalue weighted by atomic mass is 32.2. The topological polar surface area (TPSA) is 75.3 Å². The number of piperidine rings is 1. The zero-order chi connectivity index (χ0) is 17.5. The molecule has 2 N–H and O–H groups in total. The summed E-state index contributed by atoms with van der Waals surface area (Å²) in [7, 11) is -3.24. The van der Waals surface area contributed by atoms with E-state index in [9.17, 15) is 13.2 Å². The number of carbonyl (C=O) groups excluding carboxylic acids is 1. The Morgan fingerprint density at radius 2 is 1.57 bits per heavy atom. The monoisotopic (exact) mass is 338 g/mol. The Morgan fingerprint density at radius 1 is 1.09 bits per heavy atom. The number of hydrogen-bond donors (Lipinski definition) is 2. The minimum absolute atomic E-state index is 0.0418. The van der Waals surface area contributed by atoms with Crippen LogP contribution in [0.25, 0.3) is 0 Å². The fourth-order valence-corrected chi connectivity index (χ4v) is 4.18. The molecule has 2 rings (SSSR count). The normalized spacial score (nSPS) is 20.9. The van der Waals surface area contributed by atoms with Gasteiger partial charge in [-0.25, -0.2) is 8.42 Å². The maximum atomic E-state index is 12.4. The van der Waals surface area contributed by atoms with Gasteiger partial charge in [-0.1, -0.05) is 0 Å². The highest BCUT2D eigenvalue weighted by molar-refractivity contribution is 7.90. The van der Waals surface area contributed by atoms with Crippen LogP contribution in [0.3, 0.4) is 0 Å². The second-order valence-electron chi connectivity index (χ2n) is 7.77. The van der Waals surface area contributed by atoms with E-state index in [1.807, 2.05) is 0 Å². The fraction of sp³-hybridized carbons (Fsp3) is 0.588. The molecule has 1 amide bonds. The van der Waals surface area contributed by atoms with Crippen molar-refractivity contribution in [3.05, 3.63) is 29.8 Å². The number of sulfone groups is 1. The van der Waals surface area contributed by atoms with Crippen molar-refractivity contribution in [2.75, 3.05) is 6.26 Å². The standard InChI is InChI=1S/C17H26N2O3S/c1-16(2)10-13(11-17(3,4)19-16)18-15(20)12-6-8-14(9-7-12)23(5,21)22/h6-9,13,19H,10-11H2,1-5H3,(H,18,20). The minimum Gasteiger partial charge on any atom is -0.349 e. The summed E-state index contributed by atoms with van der Waals surface area (Å²) in [5, 5.41) is 6.66. The molecule has 6 heteroatoms. The summed E-state index contributed by atoms with van der Waals surface area (Å²) >= 11 is 0. The van der Waals surface area contributed by atoms with Gasteiger partial charge in [0, 0.05) is 28.9 Å². The van der Waals surface area contributed by atoms with Crippen LogP contribution in [0.15, 0.2) is 29.2 Å². The van der Waals surface area contributed by atoms with Crippen LogP contribution < -0.4 is 10.6 Å². The molecule has 0 spiro atoms. The predicted octanol–water partition coefficient (Wildman–Crippen LogP) is 2.13. The molecular weight excluding hydrogens is 312 g/mol. The van der Waals surface area contributed by atoms with Crippen molar-refractivity contribution in [3.63, 3.8) is 0 Å². The van der Waals surface area contributed by atoms with Crippen molar-refractivity contribution in [2.24, 2.45) is 0 Å². The molecule has 23 heavy (non-hydrogen) atoms. The summed E-state index contributed by atoms with van der Waals surface area (Å²) in [5.41, 5.74) is 0.395. The molecule has 0 saturated carbocycles. The fourth-order valence-electron chi connectivity index (χ4n) is 3.55. The molecule has 0 unspecified atom stereocenters. The van der Waals surface area contributed by atoms with Gasteiger partial charge in [0.25, 0.3) is 5.91 Å². The minimum atomic E-state index is -3.24. The maximum absolute atomic E-state index is 12.4. The number of amides is 1. The first-order chi connectivity index (χ1) is 10.4. The van der Waals surface area contributed by atoms with E-state index < -0.39 is 9.84 Å². The Hall–Kier alpha value is -1.40. The Labute approximate surface area is 138 Å². The summed E-state index contributed by atoms with van der Waals surface area (Å²) < 4.78 is 22.9. The summed E-state index contributed by atoms with van der Waals surface area (Å²) in [4.78, 5) is 12.6. The largest absolute Gasteiger partial charge is 0.349 e. The van der Waals surface area contributed by atoms with E-state index in [4.69, 9.17) is 0 Å². The zero-order valence-electron chi connectivity index (χ0n) is 14.4. The number of hydrogen-bond acceptors (Lipinski definition) is 4. The molecule has 1 saturated heterocycles. The molecule has 0 radical (unpaired) electrons. The van der Waals surface area contributed by atoms with E-state index in [1.54, 1.807) is 12.1 Å². The Morgan fingerprint density at radius 3 is 2.00 bits per heavy atom. The molecule has 128 valence electrons. The van der Waals surface area contributed by atoms with Crippen molar-refractivity contribution in [1.29, 1.82) is 0 Å². The third-order valence-electron chi connectivity index (χ3n) is 4.07. The van der Waals surface area contributed by atoms with Crippen LogP contribution in [-0.4, -0.2) is 37.7 Å². The van der Waals surface area contributed by atoms with Gasteiger partial charge < -0.3 is 10.6 Å². The van der Waals surface area contributed by atoms with E-state index in [1.165, 1.54) is 12.1 Å². The van der Waals surface area contributed by atoms with E-state index in [0.29, 0.717) is 5.56 Å². The van der Waals surface area contributed by atoms with Crippen molar-refractivity contribution < 1.29 is 13.2 Å². The lowest BCUT2D eigenvalue weighted by atomic mass is 9.79. The van der Waals surface area contributed by atoms with Crippen LogP contribution in [-0.2, 0) is 9.84 Å². The van der Waals surface area contributed by atoms with Crippen LogP contribution >= 0.6 is 0 Å². The van der Waals surface area contributed by atoms with Gasteiger partial charge in [0.05, 0.1) is 4.90 Å². The Kier molecular flexibility index (Phi) is 4.61. The van der Waals surface area contributed by atoms with Gasteiger partial charge in [0.1, 0.15) is 0 Å². The molecule has 0 aliphatic carbocycles. The highest BCUT2D eigenvalue weighted by Gasteiger charge is 2.38. The second-order valence-corrected chi connectivity index (χ2v) is 9.78. The highest BCUT2D eigenvalue weighted by Crippen LogP contribution is 2.28. The van der Waals surface area contributed by atoms with Gasteiger partial charge in [-0.3, -0.25) is 4.79 Å². The molecular formula is C17H26N2O3S. The summed E-state index contributed by atoms with van der Waals surface area (Å²) in [6.45, 7) is 8.53. The van der Waals surface area contributed by atoms with E-state index in [2.05, 4.69) is 38.3 Å². The van der Waals surface area contributed by atoms with Crippen LogP contribution in [0.5, 0.6) is 0 Å². The molecule has 0 bridgehead atoms. The molecule has 1 aromatic carbocycles. The summed E-state index contributed by atoms with van der Waals surface area (Å²) in [5.74, 6) is -0.163. The SMILES string of the molecule is CC1(C)CC(NC(=O)c2ccc(S(C)(=O)=O)cc2)CC(C)(C)N1. The molecule has 1 aromatic rings. The molecule has 1 fully saturated rings. The molecule has 5 nitrogen and oxygen atoms in total. The molecule has 1 aliphatic rings. The van der Waals surface area contributed by atoms with Gasteiger partial charge >= 0.3 is 0 Å². The lowest BCUT2D eigenvalue weighted by Gasteiger charge is -2.46. The van der Waals surface area contributed by atoms with E-state index >= 15 is 0 Å². The molecule has 1 aliphatic heterocycles. The molecule has 0 atom stereocenters. The van der Waals surface area contributed by atoms with Crippen molar-refractivity contribution in [2.45, 2.75) is 62.6 Å². The van der Waals surface area contributed by atoms with Crippen molar-refractivity contribution >= 4 is 15.7 Å². The molecule has 0 aromatic heterocycles. The Balaban J connectivity index is 2.10. The third-order valence-corrected chi connectivity index (χ3v) is 5.20. The first-order valence-corrected chi connectivity index (χ1v) is 9.67. The van der Waals surface area contributed by atoms with Crippen LogP contribution in [0, 0.1) is 0 Å². The summed E-state index contributed by atoms with van der Waals surface area (Å²) in [6.07, 6.45) is 2.86. The zero-order valence-corrected chi connectivity index (χ0v) is 15.3. The van der Waals surface area contributed by atoms with E-state index in [-0.39, 0.29) is 27.9 Å². The van der Waals surface area contributed by atoms with Gasteiger partial charge in [-0.2, -0.15) is 0 Å². The van der Waals surface area contributed by atoms with Gasteiger partial charge in [0.2, 0.25) is 0 Å². The number of nitrogens with one attached hydrogen (secondary N) is 2. The molecule has 1 heterocycles. The quantitative estimate of drug-likeness (QED) is 0.885. The van der Waals surface area contributed by atoms with Crippen molar-refractivity contribution in [3.8, 4) is 0 Å². The Bertz CT molecular complexity index is 675.